The second-order valence-electron chi connectivity index (χ2n) is 7.26. The quantitative estimate of drug-likeness (QED) is 0.418. The highest BCUT2D eigenvalue weighted by molar-refractivity contribution is 6.05. The number of carbonyl (C=O) groups excluding carboxylic acids is 1. The number of hydrogen-bond acceptors (Lipinski definition) is 6. The molecular weight excluding hydrogens is 422 g/mol. The minimum absolute atomic E-state index is 0.280. The summed E-state index contributed by atoms with van der Waals surface area (Å²) >= 11 is 0. The molecule has 5 aromatic rings. The van der Waals surface area contributed by atoms with Crippen LogP contribution >= 0.6 is 0 Å². The number of nitrogens with one attached hydrogen (secondary N) is 2. The summed E-state index contributed by atoms with van der Waals surface area (Å²) in [6.07, 6.45) is 6.33. The number of fused-ring (bicyclic) bond motifs is 1. The fraction of sp³-hybridized carbons (Fsp3) is 0.0870. The lowest BCUT2D eigenvalue weighted by atomic mass is 10.2. The summed E-state index contributed by atoms with van der Waals surface area (Å²) in [5, 5.41) is 7.55. The van der Waals surface area contributed by atoms with Crippen molar-refractivity contribution in [2.45, 2.75) is 6.61 Å². The van der Waals surface area contributed by atoms with Gasteiger partial charge in [-0.15, -0.1) is 0 Å². The van der Waals surface area contributed by atoms with E-state index in [1.54, 1.807) is 48.7 Å². The minimum Gasteiger partial charge on any atom is -0.486 e. The minimum atomic E-state index is -0.291. The Hall–Kier alpha value is -4.73. The highest BCUT2D eigenvalue weighted by Gasteiger charge is 2.14. The summed E-state index contributed by atoms with van der Waals surface area (Å²) < 4.78 is 9.15. The van der Waals surface area contributed by atoms with E-state index in [1.165, 1.54) is 17.2 Å². The number of carbonyl (C=O) groups is 1. The lowest BCUT2D eigenvalue weighted by Crippen LogP contribution is -2.14. The van der Waals surface area contributed by atoms with Gasteiger partial charge in [-0.1, -0.05) is 12.1 Å². The Balaban J connectivity index is 1.35. The van der Waals surface area contributed by atoms with Crippen molar-refractivity contribution >= 4 is 22.6 Å². The summed E-state index contributed by atoms with van der Waals surface area (Å²) in [6, 6.07) is 14.0. The zero-order chi connectivity index (χ0) is 22.8. The molecule has 1 amide bonds. The predicted molar refractivity (Wildman–Crippen MR) is 121 cm³/mol. The zero-order valence-corrected chi connectivity index (χ0v) is 17.6. The van der Waals surface area contributed by atoms with Gasteiger partial charge in [-0.3, -0.25) is 9.59 Å². The molecule has 33 heavy (non-hydrogen) atoms. The maximum atomic E-state index is 12.9. The van der Waals surface area contributed by atoms with Gasteiger partial charge < -0.3 is 19.6 Å². The molecule has 3 aromatic heterocycles. The summed E-state index contributed by atoms with van der Waals surface area (Å²) in [4.78, 5) is 35.9. The van der Waals surface area contributed by atoms with E-state index in [2.05, 4.69) is 25.4 Å². The summed E-state index contributed by atoms with van der Waals surface area (Å²) in [5.74, 6) is 1.14. The largest absolute Gasteiger partial charge is 0.486 e. The van der Waals surface area contributed by atoms with Crippen molar-refractivity contribution in [2.75, 3.05) is 5.32 Å². The van der Waals surface area contributed by atoms with Crippen LogP contribution in [0.5, 0.6) is 5.75 Å². The number of aromatic amines is 1. The van der Waals surface area contributed by atoms with Crippen molar-refractivity contribution in [1.82, 2.24) is 29.3 Å². The highest BCUT2D eigenvalue weighted by atomic mass is 16.5. The number of para-hydroxylation sites is 2. The molecule has 10 heteroatoms. The Morgan fingerprint density at radius 2 is 1.94 bits per heavy atom. The first kappa shape index (κ1) is 20.2. The van der Waals surface area contributed by atoms with Crippen LogP contribution in [0.1, 0.15) is 16.2 Å². The molecule has 0 radical (unpaired) electrons. The standard InChI is InChI=1S/C23H19N7O3/c1-29-11-10-24-20(29)13-33-16-8-6-15(7-9-16)22(31)28-18-4-2-3-5-19(18)30-21-17(12-27-30)23(32)26-14-25-21/h2-12,14H,13H2,1H3,(H,28,31)(H,25,26,32). The van der Waals surface area contributed by atoms with Crippen LogP contribution in [0.3, 0.4) is 0 Å². The number of rotatable bonds is 6. The van der Waals surface area contributed by atoms with Crippen LogP contribution in [0.4, 0.5) is 5.69 Å². The van der Waals surface area contributed by atoms with E-state index in [0.29, 0.717) is 40.3 Å². The number of benzene rings is 2. The van der Waals surface area contributed by atoms with Gasteiger partial charge in [0.25, 0.3) is 11.5 Å². The Morgan fingerprint density at radius 3 is 2.73 bits per heavy atom. The number of amides is 1. The Bertz CT molecular complexity index is 1500. The monoisotopic (exact) mass is 441 g/mol. The van der Waals surface area contributed by atoms with Gasteiger partial charge in [0.2, 0.25) is 0 Å². The molecule has 10 nitrogen and oxygen atoms in total. The molecule has 2 N–H and O–H groups in total. The predicted octanol–water partition coefficient (Wildman–Crippen LogP) is 2.67. The van der Waals surface area contributed by atoms with Gasteiger partial charge in [0.1, 0.15) is 23.6 Å². The first-order chi connectivity index (χ1) is 16.1. The average Bonchev–Trinajstić information content (AvgIpc) is 3.45. The van der Waals surface area contributed by atoms with Crippen molar-refractivity contribution in [2.24, 2.45) is 7.05 Å². The molecule has 0 saturated carbocycles. The van der Waals surface area contributed by atoms with Crippen molar-refractivity contribution in [1.29, 1.82) is 0 Å². The molecule has 3 heterocycles. The van der Waals surface area contributed by atoms with E-state index in [1.807, 2.05) is 23.9 Å². The van der Waals surface area contributed by atoms with Crippen molar-refractivity contribution in [3.8, 4) is 11.4 Å². The lowest BCUT2D eigenvalue weighted by Gasteiger charge is -2.12. The van der Waals surface area contributed by atoms with Crippen LogP contribution in [0, 0.1) is 0 Å². The van der Waals surface area contributed by atoms with E-state index in [4.69, 9.17) is 4.74 Å². The van der Waals surface area contributed by atoms with Crippen LogP contribution in [0.2, 0.25) is 0 Å². The van der Waals surface area contributed by atoms with E-state index in [0.717, 1.165) is 5.82 Å². The van der Waals surface area contributed by atoms with Gasteiger partial charge in [-0.05, 0) is 36.4 Å². The number of nitrogens with zero attached hydrogens (tertiary/aromatic N) is 5. The molecule has 0 atom stereocenters. The molecule has 0 unspecified atom stereocenters. The van der Waals surface area contributed by atoms with E-state index < -0.39 is 0 Å². The number of H-pyrrole nitrogens is 1. The van der Waals surface area contributed by atoms with Crippen LogP contribution in [-0.4, -0.2) is 35.2 Å². The van der Waals surface area contributed by atoms with Gasteiger partial charge in [0.05, 0.1) is 23.9 Å². The lowest BCUT2D eigenvalue weighted by molar-refractivity contribution is 0.102. The average molecular weight is 441 g/mol. The molecule has 0 saturated heterocycles. The normalized spacial score (nSPS) is 10.9. The second kappa shape index (κ2) is 8.42. The third-order valence-corrected chi connectivity index (χ3v) is 5.16. The summed E-state index contributed by atoms with van der Waals surface area (Å²) in [6.45, 7) is 0.330. The van der Waals surface area contributed by atoms with E-state index in [9.17, 15) is 9.59 Å². The highest BCUT2D eigenvalue weighted by Crippen LogP contribution is 2.23. The molecule has 5 rings (SSSR count). The van der Waals surface area contributed by atoms with Crippen LogP contribution in [-0.2, 0) is 13.7 Å². The third kappa shape index (κ3) is 3.97. The van der Waals surface area contributed by atoms with Gasteiger partial charge in [0, 0.05) is 25.0 Å². The maximum absolute atomic E-state index is 12.9. The number of ether oxygens (including phenoxy) is 1. The number of imidazole rings is 1. The summed E-state index contributed by atoms with van der Waals surface area (Å²) in [5.41, 5.74) is 1.71. The van der Waals surface area contributed by atoms with Gasteiger partial charge in [-0.2, -0.15) is 5.10 Å². The molecular formula is C23H19N7O3. The number of anilines is 1. The SMILES string of the molecule is Cn1ccnc1COc1ccc(C(=O)Nc2ccccc2-n2ncc3c(=O)[nH]cnc32)cc1. The van der Waals surface area contributed by atoms with E-state index in [-0.39, 0.29) is 11.5 Å². The molecule has 0 spiro atoms. The molecule has 0 aliphatic rings. The summed E-state index contributed by atoms with van der Waals surface area (Å²) in [7, 11) is 1.90. The second-order valence-corrected chi connectivity index (χ2v) is 7.26. The van der Waals surface area contributed by atoms with Crippen molar-refractivity contribution < 1.29 is 9.53 Å². The number of hydrogen-bond donors (Lipinski definition) is 2. The molecule has 2 aromatic carbocycles. The Kier molecular flexibility index (Phi) is 5.15. The molecule has 0 bridgehead atoms. The number of aryl methyl sites for hydroxylation is 1. The van der Waals surface area contributed by atoms with Crippen LogP contribution in [0.15, 0.2) is 78.2 Å². The molecule has 164 valence electrons. The molecule has 0 aliphatic carbocycles. The topological polar surface area (TPSA) is 120 Å². The third-order valence-electron chi connectivity index (χ3n) is 5.16. The van der Waals surface area contributed by atoms with Gasteiger partial charge in [0.15, 0.2) is 5.65 Å². The van der Waals surface area contributed by atoms with E-state index >= 15 is 0 Å². The number of aromatic nitrogens is 6. The Morgan fingerprint density at radius 1 is 1.12 bits per heavy atom. The van der Waals surface area contributed by atoms with Crippen molar-refractivity contribution in [3.05, 3.63) is 95.2 Å². The first-order valence-electron chi connectivity index (χ1n) is 10.1. The van der Waals surface area contributed by atoms with Crippen molar-refractivity contribution in [3.63, 3.8) is 0 Å². The molecule has 0 aliphatic heterocycles. The maximum Gasteiger partial charge on any atom is 0.261 e. The zero-order valence-electron chi connectivity index (χ0n) is 17.6. The van der Waals surface area contributed by atoms with Crippen LogP contribution < -0.4 is 15.6 Å². The first-order valence-corrected chi connectivity index (χ1v) is 10.1. The fourth-order valence-electron chi connectivity index (χ4n) is 3.38. The van der Waals surface area contributed by atoms with Gasteiger partial charge >= 0.3 is 0 Å². The smallest absolute Gasteiger partial charge is 0.261 e. The Labute approximate surface area is 187 Å². The fourth-order valence-corrected chi connectivity index (χ4v) is 3.38. The van der Waals surface area contributed by atoms with Crippen LogP contribution in [0.25, 0.3) is 16.7 Å². The molecule has 0 fully saturated rings. The van der Waals surface area contributed by atoms with Gasteiger partial charge in [-0.25, -0.2) is 14.6 Å².